The lowest BCUT2D eigenvalue weighted by Crippen LogP contribution is -2.25. The van der Waals surface area contributed by atoms with Gasteiger partial charge in [0.15, 0.2) is 5.60 Å². The molecule has 0 aromatic rings. The fraction of sp³-hybridized carbons (Fsp3) is 0.700. The molecule has 0 aliphatic carbocycles. The Morgan fingerprint density at radius 1 is 1.42 bits per heavy atom. The first-order chi connectivity index (χ1) is 5.52. The van der Waals surface area contributed by atoms with Crippen LogP contribution in [0.15, 0.2) is 0 Å². The molecule has 0 aliphatic rings. The summed E-state index contributed by atoms with van der Waals surface area (Å²) in [5, 5.41) is 0. The second-order valence-corrected chi connectivity index (χ2v) is 2.99. The summed E-state index contributed by atoms with van der Waals surface area (Å²) in [6, 6.07) is 0. The Morgan fingerprint density at radius 3 is 2.42 bits per heavy atom. The van der Waals surface area contributed by atoms with Crippen molar-refractivity contribution in [2.75, 3.05) is 0 Å². The van der Waals surface area contributed by atoms with E-state index < -0.39 is 5.60 Å². The van der Waals surface area contributed by atoms with Crippen LogP contribution < -0.4 is 0 Å². The molecule has 0 aromatic heterocycles. The molecule has 68 valence electrons. The standard InChI is InChI=1S/C10H16O2/c1-5-7-8-10(3,4)12-9(11)6-2/h5-6H2,1-4H3. The molecule has 0 spiro atoms. The third-order valence-electron chi connectivity index (χ3n) is 1.22. The van der Waals surface area contributed by atoms with Crippen molar-refractivity contribution in [3.63, 3.8) is 0 Å². The number of ether oxygens (including phenoxy) is 1. The maximum atomic E-state index is 10.9. The molecule has 0 rings (SSSR count). The van der Waals surface area contributed by atoms with Crippen molar-refractivity contribution < 1.29 is 9.53 Å². The van der Waals surface area contributed by atoms with Gasteiger partial charge in [0.05, 0.1) is 0 Å². The van der Waals surface area contributed by atoms with Crippen LogP contribution in [0.5, 0.6) is 0 Å². The molecule has 0 saturated carbocycles. The maximum Gasteiger partial charge on any atom is 0.307 e. The van der Waals surface area contributed by atoms with Crippen LogP contribution in [-0.2, 0) is 9.53 Å². The zero-order valence-corrected chi connectivity index (χ0v) is 8.23. The van der Waals surface area contributed by atoms with Crippen LogP contribution in [0.3, 0.4) is 0 Å². The van der Waals surface area contributed by atoms with E-state index in [0.717, 1.165) is 6.42 Å². The first-order valence-electron chi connectivity index (χ1n) is 4.23. The lowest BCUT2D eigenvalue weighted by Gasteiger charge is -2.17. The number of esters is 1. The highest BCUT2D eigenvalue weighted by atomic mass is 16.6. The predicted molar refractivity (Wildman–Crippen MR) is 48.5 cm³/mol. The van der Waals surface area contributed by atoms with Crippen molar-refractivity contribution in [1.29, 1.82) is 0 Å². The van der Waals surface area contributed by atoms with Gasteiger partial charge in [0.2, 0.25) is 0 Å². The van der Waals surface area contributed by atoms with Crippen LogP contribution in [0, 0.1) is 11.8 Å². The molecule has 0 heterocycles. The molecule has 2 heteroatoms. The van der Waals surface area contributed by atoms with E-state index in [1.807, 2.05) is 6.92 Å². The van der Waals surface area contributed by atoms with E-state index in [1.54, 1.807) is 20.8 Å². The van der Waals surface area contributed by atoms with Crippen LogP contribution >= 0.6 is 0 Å². The van der Waals surface area contributed by atoms with Crippen LogP contribution in [0.1, 0.15) is 40.5 Å². The lowest BCUT2D eigenvalue weighted by molar-refractivity contribution is -0.151. The normalized spacial score (nSPS) is 10.0. The van der Waals surface area contributed by atoms with E-state index in [4.69, 9.17) is 4.74 Å². The fourth-order valence-electron chi connectivity index (χ4n) is 0.684. The van der Waals surface area contributed by atoms with Crippen LogP contribution in [-0.4, -0.2) is 11.6 Å². The first kappa shape index (κ1) is 11.0. The Kier molecular flexibility index (Phi) is 4.43. The van der Waals surface area contributed by atoms with Crippen LogP contribution in [0.25, 0.3) is 0 Å². The number of hydrogen-bond acceptors (Lipinski definition) is 2. The minimum atomic E-state index is -0.636. The zero-order valence-electron chi connectivity index (χ0n) is 8.23. The van der Waals surface area contributed by atoms with E-state index in [0.29, 0.717) is 6.42 Å². The Labute approximate surface area is 74.3 Å². The van der Waals surface area contributed by atoms with E-state index >= 15 is 0 Å². The summed E-state index contributed by atoms with van der Waals surface area (Å²) in [4.78, 5) is 10.9. The predicted octanol–water partition coefficient (Wildman–Crippen LogP) is 2.13. The molecule has 12 heavy (non-hydrogen) atoms. The van der Waals surface area contributed by atoms with Crippen molar-refractivity contribution in [2.24, 2.45) is 0 Å². The Bertz CT molecular complexity index is 206. The van der Waals surface area contributed by atoms with Gasteiger partial charge >= 0.3 is 5.97 Å². The highest BCUT2D eigenvalue weighted by Gasteiger charge is 2.18. The summed E-state index contributed by atoms with van der Waals surface area (Å²) in [5.74, 6) is 5.57. The molecule has 0 aromatic carbocycles. The second-order valence-electron chi connectivity index (χ2n) is 2.99. The molecule has 0 atom stereocenters. The number of rotatable bonds is 2. The van der Waals surface area contributed by atoms with Gasteiger partial charge in [-0.2, -0.15) is 0 Å². The minimum absolute atomic E-state index is 0.203. The average molecular weight is 168 g/mol. The summed E-state index contributed by atoms with van der Waals surface area (Å²) in [6.45, 7) is 7.32. The Morgan fingerprint density at radius 2 is 2.00 bits per heavy atom. The van der Waals surface area contributed by atoms with Gasteiger partial charge in [-0.1, -0.05) is 25.7 Å². The summed E-state index contributed by atoms with van der Waals surface area (Å²) in [5.41, 5.74) is -0.636. The largest absolute Gasteiger partial charge is 0.446 e. The third-order valence-corrected chi connectivity index (χ3v) is 1.22. The molecule has 0 radical (unpaired) electrons. The molecule has 0 fully saturated rings. The molecular formula is C10H16O2. The number of carbonyl (C=O) groups excluding carboxylic acids is 1. The SMILES string of the molecule is CCC#CC(C)(C)OC(=O)CC. The second kappa shape index (κ2) is 4.82. The summed E-state index contributed by atoms with van der Waals surface area (Å²) < 4.78 is 5.08. The van der Waals surface area contributed by atoms with Gasteiger partial charge in [-0.15, -0.1) is 0 Å². The number of carbonyl (C=O) groups is 1. The summed E-state index contributed by atoms with van der Waals surface area (Å²) in [6.07, 6.45) is 1.18. The maximum absolute atomic E-state index is 10.9. The fourth-order valence-corrected chi connectivity index (χ4v) is 0.684. The molecule has 0 bridgehead atoms. The topological polar surface area (TPSA) is 26.3 Å². The first-order valence-corrected chi connectivity index (χ1v) is 4.23. The van der Waals surface area contributed by atoms with E-state index in [-0.39, 0.29) is 5.97 Å². The van der Waals surface area contributed by atoms with Gasteiger partial charge in [-0.25, -0.2) is 0 Å². The van der Waals surface area contributed by atoms with Crippen molar-refractivity contribution >= 4 is 5.97 Å². The summed E-state index contributed by atoms with van der Waals surface area (Å²) in [7, 11) is 0. The average Bonchev–Trinajstić information content (AvgIpc) is 2.00. The van der Waals surface area contributed by atoms with Gasteiger partial charge < -0.3 is 4.74 Å². The van der Waals surface area contributed by atoms with Gasteiger partial charge in [0, 0.05) is 12.8 Å². The van der Waals surface area contributed by atoms with Crippen LogP contribution in [0.2, 0.25) is 0 Å². The van der Waals surface area contributed by atoms with Crippen molar-refractivity contribution in [3.8, 4) is 11.8 Å². The van der Waals surface area contributed by atoms with Crippen molar-refractivity contribution in [1.82, 2.24) is 0 Å². The van der Waals surface area contributed by atoms with E-state index in [9.17, 15) is 4.79 Å². The lowest BCUT2D eigenvalue weighted by atomic mass is 10.1. The van der Waals surface area contributed by atoms with Gasteiger partial charge in [0.25, 0.3) is 0 Å². The molecule has 0 saturated heterocycles. The Balaban J connectivity index is 4.12. The number of hydrogen-bond donors (Lipinski definition) is 0. The Hall–Kier alpha value is -0.970. The molecule has 0 aliphatic heterocycles. The van der Waals surface area contributed by atoms with E-state index in [1.165, 1.54) is 0 Å². The zero-order chi connectivity index (χ0) is 9.61. The monoisotopic (exact) mass is 168 g/mol. The quantitative estimate of drug-likeness (QED) is 0.466. The molecule has 0 unspecified atom stereocenters. The highest BCUT2D eigenvalue weighted by Crippen LogP contribution is 2.08. The van der Waals surface area contributed by atoms with Gasteiger partial charge in [-0.3, -0.25) is 4.79 Å². The molecular weight excluding hydrogens is 152 g/mol. The smallest absolute Gasteiger partial charge is 0.307 e. The third kappa shape index (κ3) is 4.79. The van der Waals surface area contributed by atoms with Crippen molar-refractivity contribution in [3.05, 3.63) is 0 Å². The van der Waals surface area contributed by atoms with Gasteiger partial charge in [0.1, 0.15) is 0 Å². The highest BCUT2D eigenvalue weighted by molar-refractivity contribution is 5.69. The van der Waals surface area contributed by atoms with E-state index in [2.05, 4.69) is 11.8 Å². The summed E-state index contributed by atoms with van der Waals surface area (Å²) >= 11 is 0. The van der Waals surface area contributed by atoms with Crippen LogP contribution in [0.4, 0.5) is 0 Å². The molecule has 0 amide bonds. The minimum Gasteiger partial charge on any atom is -0.446 e. The molecule has 0 N–H and O–H groups in total. The van der Waals surface area contributed by atoms with Crippen molar-refractivity contribution in [2.45, 2.75) is 46.1 Å². The molecule has 2 nitrogen and oxygen atoms in total. The van der Waals surface area contributed by atoms with Gasteiger partial charge in [-0.05, 0) is 13.8 Å².